The zero-order valence-corrected chi connectivity index (χ0v) is 11.5. The number of pyridine rings is 1. The third kappa shape index (κ3) is 2.90. The minimum absolute atomic E-state index is 0.246. The molecule has 2 aromatic heterocycles. The van der Waals surface area contributed by atoms with Crippen LogP contribution in [0.1, 0.15) is 10.5 Å². The molecule has 21 heavy (non-hydrogen) atoms. The first-order valence-corrected chi connectivity index (χ1v) is 6.49. The van der Waals surface area contributed by atoms with E-state index in [0.29, 0.717) is 16.4 Å². The lowest BCUT2D eigenvalue weighted by molar-refractivity contribution is 0.102. The number of rotatable bonds is 3. The number of nitrogens with one attached hydrogen (secondary N) is 1. The average Bonchev–Trinajstić information content (AvgIpc) is 3.02. The fourth-order valence-electron chi connectivity index (χ4n) is 1.83. The number of para-hydroxylation sites is 2. The van der Waals surface area contributed by atoms with Crippen molar-refractivity contribution < 1.29 is 4.79 Å². The molecule has 2 heterocycles. The number of carbonyl (C=O) groups excluding carboxylic acids is 1. The predicted molar refractivity (Wildman–Crippen MR) is 78.6 cm³/mol. The average molecular weight is 300 g/mol. The molecule has 1 N–H and O–H groups in total. The minimum atomic E-state index is -0.343. The summed E-state index contributed by atoms with van der Waals surface area (Å²) in [6.07, 6.45) is 4.47. The van der Waals surface area contributed by atoms with Crippen molar-refractivity contribution in [3.8, 4) is 5.69 Å². The molecule has 104 valence electrons. The molecule has 0 spiro atoms. The lowest BCUT2D eigenvalue weighted by Crippen LogP contribution is -2.15. The van der Waals surface area contributed by atoms with Crippen molar-refractivity contribution in [2.45, 2.75) is 0 Å². The van der Waals surface area contributed by atoms with Gasteiger partial charge < -0.3 is 5.32 Å². The molecule has 0 atom stereocenters. The Bertz CT molecular complexity index is 773. The first-order chi connectivity index (χ1) is 10.2. The summed E-state index contributed by atoms with van der Waals surface area (Å²) in [6, 6.07) is 10.4. The van der Waals surface area contributed by atoms with E-state index in [0.717, 1.165) is 0 Å². The fraction of sp³-hybridized carbons (Fsp3) is 0. The van der Waals surface area contributed by atoms with Crippen LogP contribution in [0.5, 0.6) is 0 Å². The van der Waals surface area contributed by atoms with Gasteiger partial charge in [-0.15, -0.1) is 0 Å². The maximum atomic E-state index is 12.2. The third-order valence-corrected chi connectivity index (χ3v) is 3.01. The van der Waals surface area contributed by atoms with Crippen LogP contribution in [0.3, 0.4) is 0 Å². The summed E-state index contributed by atoms with van der Waals surface area (Å²) >= 11 is 5.86. The number of nitrogens with zero attached hydrogens (tertiary/aromatic N) is 4. The van der Waals surface area contributed by atoms with Crippen LogP contribution in [0.2, 0.25) is 5.02 Å². The van der Waals surface area contributed by atoms with Crippen LogP contribution in [0.15, 0.2) is 55.2 Å². The van der Waals surface area contributed by atoms with Gasteiger partial charge in [-0.05, 0) is 24.3 Å². The monoisotopic (exact) mass is 299 g/mol. The topological polar surface area (TPSA) is 72.7 Å². The van der Waals surface area contributed by atoms with E-state index in [9.17, 15) is 4.79 Å². The van der Waals surface area contributed by atoms with Crippen LogP contribution in [0.25, 0.3) is 5.69 Å². The normalized spacial score (nSPS) is 10.3. The van der Waals surface area contributed by atoms with Gasteiger partial charge in [-0.2, -0.15) is 5.10 Å². The second-order valence-electron chi connectivity index (χ2n) is 4.17. The van der Waals surface area contributed by atoms with Crippen LogP contribution in [-0.2, 0) is 0 Å². The van der Waals surface area contributed by atoms with E-state index in [1.54, 1.807) is 23.1 Å². The molecule has 1 aromatic carbocycles. The highest BCUT2D eigenvalue weighted by Gasteiger charge is 2.11. The van der Waals surface area contributed by atoms with Crippen LogP contribution < -0.4 is 5.32 Å². The van der Waals surface area contributed by atoms with E-state index in [1.807, 2.05) is 18.2 Å². The number of benzene rings is 1. The number of anilines is 1. The maximum Gasteiger partial charge on any atom is 0.274 e. The Hall–Kier alpha value is -2.73. The van der Waals surface area contributed by atoms with Crippen LogP contribution in [0, 0.1) is 0 Å². The molecule has 1 amide bonds. The van der Waals surface area contributed by atoms with Gasteiger partial charge in [0, 0.05) is 11.2 Å². The van der Waals surface area contributed by atoms with Crippen molar-refractivity contribution in [2.24, 2.45) is 0 Å². The van der Waals surface area contributed by atoms with Crippen molar-refractivity contribution in [1.29, 1.82) is 0 Å². The molecule has 0 bridgehead atoms. The van der Waals surface area contributed by atoms with Crippen LogP contribution in [0.4, 0.5) is 5.69 Å². The Kier molecular flexibility index (Phi) is 3.61. The van der Waals surface area contributed by atoms with Gasteiger partial charge in [0.15, 0.2) is 0 Å². The number of hydrogen-bond acceptors (Lipinski definition) is 4. The molecule has 0 unspecified atom stereocenters. The molecule has 0 aliphatic heterocycles. The van der Waals surface area contributed by atoms with Gasteiger partial charge in [0.1, 0.15) is 18.3 Å². The SMILES string of the molecule is O=C(Nc1ccccc1-n1cncn1)c1cc(Cl)ccn1. The summed E-state index contributed by atoms with van der Waals surface area (Å²) in [7, 11) is 0. The van der Waals surface area contributed by atoms with Gasteiger partial charge in [-0.3, -0.25) is 9.78 Å². The number of aromatic nitrogens is 4. The summed E-state index contributed by atoms with van der Waals surface area (Å²) in [4.78, 5) is 20.1. The lowest BCUT2D eigenvalue weighted by Gasteiger charge is -2.10. The first kappa shape index (κ1) is 13.3. The number of hydrogen-bond donors (Lipinski definition) is 1. The van der Waals surface area contributed by atoms with Crippen molar-refractivity contribution >= 4 is 23.2 Å². The van der Waals surface area contributed by atoms with E-state index in [2.05, 4.69) is 20.4 Å². The van der Waals surface area contributed by atoms with Crippen LogP contribution in [-0.4, -0.2) is 25.7 Å². The highest BCUT2D eigenvalue weighted by atomic mass is 35.5. The van der Waals surface area contributed by atoms with E-state index in [-0.39, 0.29) is 11.6 Å². The molecule has 3 rings (SSSR count). The zero-order chi connectivity index (χ0) is 14.7. The molecule has 0 fully saturated rings. The molecule has 0 aliphatic carbocycles. The Morgan fingerprint density at radius 3 is 2.86 bits per heavy atom. The molecule has 6 nitrogen and oxygen atoms in total. The van der Waals surface area contributed by atoms with Gasteiger partial charge in [-0.25, -0.2) is 9.67 Å². The van der Waals surface area contributed by atoms with Gasteiger partial charge in [0.05, 0.1) is 11.4 Å². The number of halogens is 1. The zero-order valence-electron chi connectivity index (χ0n) is 10.8. The third-order valence-electron chi connectivity index (χ3n) is 2.77. The van der Waals surface area contributed by atoms with E-state index in [4.69, 9.17) is 11.6 Å². The van der Waals surface area contributed by atoms with E-state index >= 15 is 0 Å². The second-order valence-corrected chi connectivity index (χ2v) is 4.61. The van der Waals surface area contributed by atoms with Crippen molar-refractivity contribution in [3.05, 3.63) is 66.0 Å². The Labute approximate surface area is 125 Å². The Morgan fingerprint density at radius 2 is 2.10 bits per heavy atom. The molecule has 0 aliphatic rings. The molecule has 0 saturated carbocycles. The molecule has 0 saturated heterocycles. The van der Waals surface area contributed by atoms with E-state index < -0.39 is 0 Å². The second kappa shape index (κ2) is 5.72. The van der Waals surface area contributed by atoms with Crippen molar-refractivity contribution in [3.63, 3.8) is 0 Å². The highest BCUT2D eigenvalue weighted by molar-refractivity contribution is 6.30. The highest BCUT2D eigenvalue weighted by Crippen LogP contribution is 2.19. The Morgan fingerprint density at radius 1 is 1.24 bits per heavy atom. The van der Waals surface area contributed by atoms with Gasteiger partial charge >= 0.3 is 0 Å². The molecular weight excluding hydrogens is 290 g/mol. The largest absolute Gasteiger partial charge is 0.319 e. The van der Waals surface area contributed by atoms with Gasteiger partial charge in [0.2, 0.25) is 0 Å². The van der Waals surface area contributed by atoms with Gasteiger partial charge in [-0.1, -0.05) is 23.7 Å². The predicted octanol–water partition coefficient (Wildman–Crippen LogP) is 2.57. The summed E-state index contributed by atoms with van der Waals surface area (Å²) in [5, 5.41) is 7.31. The van der Waals surface area contributed by atoms with Crippen molar-refractivity contribution in [2.75, 3.05) is 5.32 Å². The Balaban J connectivity index is 1.90. The smallest absolute Gasteiger partial charge is 0.274 e. The summed E-state index contributed by atoms with van der Waals surface area (Å²) < 4.78 is 1.57. The molecule has 3 aromatic rings. The first-order valence-electron chi connectivity index (χ1n) is 6.11. The van der Waals surface area contributed by atoms with E-state index in [1.165, 1.54) is 18.6 Å². The standard InChI is InChI=1S/C14H10ClN5O/c15-10-5-6-17-12(7-10)14(21)19-11-3-1-2-4-13(11)20-9-16-8-18-20/h1-9H,(H,19,21). The molecule has 7 heteroatoms. The minimum Gasteiger partial charge on any atom is -0.319 e. The summed E-state index contributed by atoms with van der Waals surface area (Å²) in [6.45, 7) is 0. The fourth-order valence-corrected chi connectivity index (χ4v) is 1.99. The summed E-state index contributed by atoms with van der Waals surface area (Å²) in [5.41, 5.74) is 1.57. The lowest BCUT2D eigenvalue weighted by atomic mass is 10.2. The summed E-state index contributed by atoms with van der Waals surface area (Å²) in [5.74, 6) is -0.343. The molecular formula is C14H10ClN5O. The number of carbonyl (C=O) groups is 1. The van der Waals surface area contributed by atoms with Crippen molar-refractivity contribution in [1.82, 2.24) is 19.7 Å². The van der Waals surface area contributed by atoms with Crippen LogP contribution >= 0.6 is 11.6 Å². The number of amides is 1. The quantitative estimate of drug-likeness (QED) is 0.806. The maximum absolute atomic E-state index is 12.2. The van der Waals surface area contributed by atoms with Gasteiger partial charge in [0.25, 0.3) is 5.91 Å². The molecule has 0 radical (unpaired) electrons.